The van der Waals surface area contributed by atoms with Gasteiger partial charge in [-0.1, -0.05) is 6.92 Å². The molecule has 96 valence electrons. The van der Waals surface area contributed by atoms with Crippen LogP contribution in [0, 0.1) is 12.8 Å². The second kappa shape index (κ2) is 4.69. The Morgan fingerprint density at radius 3 is 2.76 bits per heavy atom. The quantitative estimate of drug-likeness (QED) is 0.853. The van der Waals surface area contributed by atoms with Gasteiger partial charge in [0.15, 0.2) is 0 Å². The SMILES string of the molecule is Cc1nn(C)c(N2CCCC(C)C2C)c1CO. The molecule has 1 aliphatic rings. The van der Waals surface area contributed by atoms with E-state index >= 15 is 0 Å². The largest absolute Gasteiger partial charge is 0.391 e. The molecule has 17 heavy (non-hydrogen) atoms. The van der Waals surface area contributed by atoms with Crippen molar-refractivity contribution < 1.29 is 5.11 Å². The lowest BCUT2D eigenvalue weighted by molar-refractivity contribution is 0.279. The van der Waals surface area contributed by atoms with Gasteiger partial charge in [-0.3, -0.25) is 4.68 Å². The number of aliphatic hydroxyl groups excluding tert-OH is 1. The molecule has 1 aromatic heterocycles. The maximum absolute atomic E-state index is 9.52. The maximum Gasteiger partial charge on any atom is 0.132 e. The van der Waals surface area contributed by atoms with Gasteiger partial charge in [-0.2, -0.15) is 5.10 Å². The number of hydrogen-bond donors (Lipinski definition) is 1. The summed E-state index contributed by atoms with van der Waals surface area (Å²) < 4.78 is 1.91. The predicted octanol–water partition coefficient (Wildman–Crippen LogP) is 1.85. The normalized spacial score (nSPS) is 25.4. The third-order valence-corrected chi connectivity index (χ3v) is 4.12. The Morgan fingerprint density at radius 2 is 2.12 bits per heavy atom. The van der Waals surface area contributed by atoms with Crippen molar-refractivity contribution in [2.45, 2.75) is 46.3 Å². The first-order chi connectivity index (χ1) is 8.06. The monoisotopic (exact) mass is 237 g/mol. The molecule has 1 N–H and O–H groups in total. The van der Waals surface area contributed by atoms with Crippen molar-refractivity contribution in [1.29, 1.82) is 0 Å². The first-order valence-corrected chi connectivity index (χ1v) is 6.46. The highest BCUT2D eigenvalue weighted by atomic mass is 16.3. The van der Waals surface area contributed by atoms with Crippen molar-refractivity contribution in [1.82, 2.24) is 9.78 Å². The minimum atomic E-state index is 0.0760. The van der Waals surface area contributed by atoms with Crippen LogP contribution in [0.5, 0.6) is 0 Å². The highest BCUT2D eigenvalue weighted by molar-refractivity contribution is 5.51. The molecule has 1 aromatic rings. The predicted molar refractivity (Wildman–Crippen MR) is 69.1 cm³/mol. The van der Waals surface area contributed by atoms with Crippen molar-refractivity contribution in [3.63, 3.8) is 0 Å². The van der Waals surface area contributed by atoms with E-state index in [1.165, 1.54) is 12.8 Å². The fourth-order valence-corrected chi connectivity index (χ4v) is 2.87. The highest BCUT2D eigenvalue weighted by Gasteiger charge is 2.29. The molecule has 0 saturated carbocycles. The van der Waals surface area contributed by atoms with Crippen LogP contribution in [-0.4, -0.2) is 27.5 Å². The fourth-order valence-electron chi connectivity index (χ4n) is 2.87. The third kappa shape index (κ3) is 2.06. The van der Waals surface area contributed by atoms with Crippen LogP contribution in [0.25, 0.3) is 0 Å². The zero-order valence-corrected chi connectivity index (χ0v) is 11.3. The first kappa shape index (κ1) is 12.4. The van der Waals surface area contributed by atoms with Gasteiger partial charge in [0.25, 0.3) is 0 Å². The molecule has 0 bridgehead atoms. The van der Waals surface area contributed by atoms with Crippen molar-refractivity contribution in [3.05, 3.63) is 11.3 Å². The minimum absolute atomic E-state index is 0.0760. The minimum Gasteiger partial charge on any atom is -0.391 e. The molecule has 1 fully saturated rings. The van der Waals surface area contributed by atoms with E-state index in [1.54, 1.807) is 0 Å². The topological polar surface area (TPSA) is 41.3 Å². The number of hydrogen-bond acceptors (Lipinski definition) is 3. The summed E-state index contributed by atoms with van der Waals surface area (Å²) in [6, 6.07) is 0.517. The van der Waals surface area contributed by atoms with E-state index in [0.717, 1.165) is 23.6 Å². The van der Waals surface area contributed by atoms with Crippen molar-refractivity contribution in [2.24, 2.45) is 13.0 Å². The molecule has 1 saturated heterocycles. The lowest BCUT2D eigenvalue weighted by Crippen LogP contribution is -2.43. The average Bonchev–Trinajstić information content (AvgIpc) is 2.57. The van der Waals surface area contributed by atoms with Gasteiger partial charge in [-0.15, -0.1) is 0 Å². The highest BCUT2D eigenvalue weighted by Crippen LogP contribution is 2.31. The molecular weight excluding hydrogens is 214 g/mol. The maximum atomic E-state index is 9.52. The van der Waals surface area contributed by atoms with E-state index in [9.17, 15) is 5.11 Å². The number of anilines is 1. The van der Waals surface area contributed by atoms with Crippen LogP contribution in [0.4, 0.5) is 5.82 Å². The second-order valence-corrected chi connectivity index (χ2v) is 5.22. The van der Waals surface area contributed by atoms with Crippen LogP contribution in [0.15, 0.2) is 0 Å². The summed E-state index contributed by atoms with van der Waals surface area (Å²) >= 11 is 0. The van der Waals surface area contributed by atoms with E-state index in [2.05, 4.69) is 23.8 Å². The van der Waals surface area contributed by atoms with E-state index < -0.39 is 0 Å². The Labute approximate surface area is 103 Å². The molecule has 2 rings (SSSR count). The smallest absolute Gasteiger partial charge is 0.132 e. The number of aryl methyl sites for hydroxylation is 2. The van der Waals surface area contributed by atoms with E-state index in [4.69, 9.17) is 0 Å². The Balaban J connectivity index is 2.38. The Kier molecular flexibility index (Phi) is 3.43. The van der Waals surface area contributed by atoms with E-state index in [-0.39, 0.29) is 6.61 Å². The van der Waals surface area contributed by atoms with Gasteiger partial charge < -0.3 is 10.0 Å². The molecule has 0 aromatic carbocycles. The second-order valence-electron chi connectivity index (χ2n) is 5.22. The van der Waals surface area contributed by atoms with Gasteiger partial charge in [-0.05, 0) is 32.6 Å². The summed E-state index contributed by atoms with van der Waals surface area (Å²) in [5.74, 6) is 1.80. The molecule has 4 heteroatoms. The average molecular weight is 237 g/mol. The number of piperidine rings is 1. The Hall–Kier alpha value is -1.03. The summed E-state index contributed by atoms with van der Waals surface area (Å²) in [5.41, 5.74) is 1.92. The van der Waals surface area contributed by atoms with Crippen LogP contribution in [0.3, 0.4) is 0 Å². The van der Waals surface area contributed by atoms with Crippen molar-refractivity contribution in [3.8, 4) is 0 Å². The summed E-state index contributed by atoms with van der Waals surface area (Å²) in [4.78, 5) is 2.40. The lowest BCUT2D eigenvalue weighted by Gasteiger charge is -2.39. The molecule has 4 nitrogen and oxygen atoms in total. The molecule has 0 amide bonds. The molecule has 0 radical (unpaired) electrons. The zero-order valence-electron chi connectivity index (χ0n) is 11.3. The lowest BCUT2D eigenvalue weighted by atomic mass is 9.92. The molecule has 2 heterocycles. The summed E-state index contributed by atoms with van der Waals surface area (Å²) in [7, 11) is 1.97. The number of aliphatic hydroxyl groups is 1. The Morgan fingerprint density at radius 1 is 1.41 bits per heavy atom. The molecule has 2 atom stereocenters. The van der Waals surface area contributed by atoms with Crippen molar-refractivity contribution >= 4 is 5.82 Å². The van der Waals surface area contributed by atoms with Crippen molar-refractivity contribution in [2.75, 3.05) is 11.4 Å². The standard InChI is InChI=1S/C13H23N3O/c1-9-6-5-7-16(11(9)3)13-12(8-17)10(2)14-15(13)4/h9,11,17H,5-8H2,1-4H3. The zero-order chi connectivity index (χ0) is 12.6. The summed E-state index contributed by atoms with van der Waals surface area (Å²) in [5, 5.41) is 13.9. The van der Waals surface area contributed by atoms with Crippen LogP contribution in [-0.2, 0) is 13.7 Å². The van der Waals surface area contributed by atoms with Gasteiger partial charge >= 0.3 is 0 Å². The molecule has 1 aliphatic heterocycles. The van der Waals surface area contributed by atoms with Crippen LogP contribution >= 0.6 is 0 Å². The number of nitrogens with zero attached hydrogens (tertiary/aromatic N) is 3. The molecule has 2 unspecified atom stereocenters. The van der Waals surface area contributed by atoms with Gasteiger partial charge in [0.2, 0.25) is 0 Å². The molecule has 0 aliphatic carbocycles. The van der Waals surface area contributed by atoms with Gasteiger partial charge in [-0.25, -0.2) is 0 Å². The van der Waals surface area contributed by atoms with Crippen LogP contribution in [0.2, 0.25) is 0 Å². The fraction of sp³-hybridized carbons (Fsp3) is 0.769. The third-order valence-electron chi connectivity index (χ3n) is 4.12. The number of aromatic nitrogens is 2. The van der Waals surface area contributed by atoms with E-state index in [0.29, 0.717) is 12.0 Å². The summed E-state index contributed by atoms with van der Waals surface area (Å²) in [6.45, 7) is 7.68. The van der Waals surface area contributed by atoms with Gasteiger partial charge in [0.05, 0.1) is 12.3 Å². The van der Waals surface area contributed by atoms with Crippen LogP contribution < -0.4 is 4.90 Å². The molecule has 0 spiro atoms. The summed E-state index contributed by atoms with van der Waals surface area (Å²) in [6.07, 6.45) is 2.52. The number of rotatable bonds is 2. The van der Waals surface area contributed by atoms with E-state index in [1.807, 2.05) is 18.7 Å². The van der Waals surface area contributed by atoms with Gasteiger partial charge in [0.1, 0.15) is 5.82 Å². The molecular formula is C13H23N3O. The van der Waals surface area contributed by atoms with Crippen LogP contribution in [0.1, 0.15) is 37.9 Å². The van der Waals surface area contributed by atoms with Gasteiger partial charge in [0, 0.05) is 25.2 Å². The first-order valence-electron chi connectivity index (χ1n) is 6.46. The Bertz CT molecular complexity index is 400.